The SMILES string of the molecule is CCOC(=O)CC(=O)C[C@H]1COC(C)(C)O1. The van der Waals surface area contributed by atoms with Crippen molar-refractivity contribution in [2.24, 2.45) is 0 Å². The molecule has 5 heteroatoms. The van der Waals surface area contributed by atoms with Crippen LogP contribution in [0.4, 0.5) is 0 Å². The zero-order valence-electron chi connectivity index (χ0n) is 9.95. The molecule has 1 aliphatic rings. The molecule has 0 aliphatic carbocycles. The average molecular weight is 230 g/mol. The molecular weight excluding hydrogens is 212 g/mol. The van der Waals surface area contributed by atoms with E-state index >= 15 is 0 Å². The molecule has 1 rings (SSSR count). The Morgan fingerprint density at radius 3 is 2.62 bits per heavy atom. The summed E-state index contributed by atoms with van der Waals surface area (Å²) in [6.45, 7) is 5.98. The van der Waals surface area contributed by atoms with Crippen LogP contribution in [-0.2, 0) is 23.8 Å². The fraction of sp³-hybridized carbons (Fsp3) is 0.818. The highest BCUT2D eigenvalue weighted by atomic mass is 16.7. The van der Waals surface area contributed by atoms with E-state index < -0.39 is 11.8 Å². The molecule has 1 saturated heterocycles. The predicted molar refractivity (Wildman–Crippen MR) is 55.8 cm³/mol. The second kappa shape index (κ2) is 5.41. The number of ketones is 1. The fourth-order valence-electron chi connectivity index (χ4n) is 1.56. The monoisotopic (exact) mass is 230 g/mol. The molecule has 1 aliphatic heterocycles. The molecule has 0 saturated carbocycles. The summed E-state index contributed by atoms with van der Waals surface area (Å²) < 4.78 is 15.5. The normalized spacial score (nSPS) is 23.1. The van der Waals surface area contributed by atoms with Crippen LogP contribution >= 0.6 is 0 Å². The highest BCUT2D eigenvalue weighted by molar-refractivity contribution is 5.95. The van der Waals surface area contributed by atoms with Gasteiger partial charge in [0, 0.05) is 6.42 Å². The van der Waals surface area contributed by atoms with Gasteiger partial charge in [0.2, 0.25) is 0 Å². The number of esters is 1. The van der Waals surface area contributed by atoms with E-state index in [-0.39, 0.29) is 24.7 Å². The Morgan fingerprint density at radius 2 is 2.12 bits per heavy atom. The van der Waals surface area contributed by atoms with Gasteiger partial charge in [0.25, 0.3) is 0 Å². The molecule has 0 N–H and O–H groups in total. The Hall–Kier alpha value is -0.940. The Morgan fingerprint density at radius 1 is 1.44 bits per heavy atom. The third kappa shape index (κ3) is 4.28. The van der Waals surface area contributed by atoms with E-state index in [1.807, 2.05) is 0 Å². The van der Waals surface area contributed by atoms with Gasteiger partial charge in [0.15, 0.2) is 5.79 Å². The van der Waals surface area contributed by atoms with Crippen LogP contribution in [0.15, 0.2) is 0 Å². The summed E-state index contributed by atoms with van der Waals surface area (Å²) in [5.74, 6) is -1.29. The predicted octanol–water partition coefficient (Wildman–Crippen LogP) is 1.05. The third-order valence-corrected chi connectivity index (χ3v) is 2.17. The minimum atomic E-state index is -0.630. The smallest absolute Gasteiger partial charge is 0.313 e. The van der Waals surface area contributed by atoms with Gasteiger partial charge in [-0.3, -0.25) is 9.59 Å². The molecule has 0 amide bonds. The minimum Gasteiger partial charge on any atom is -0.466 e. The van der Waals surface area contributed by atoms with E-state index in [1.54, 1.807) is 20.8 Å². The molecule has 0 aromatic rings. The van der Waals surface area contributed by atoms with Crippen molar-refractivity contribution in [3.63, 3.8) is 0 Å². The first-order valence-electron chi connectivity index (χ1n) is 5.42. The van der Waals surface area contributed by atoms with Crippen molar-refractivity contribution in [3.8, 4) is 0 Å². The molecule has 5 nitrogen and oxygen atoms in total. The molecule has 1 heterocycles. The van der Waals surface area contributed by atoms with Crippen molar-refractivity contribution >= 4 is 11.8 Å². The van der Waals surface area contributed by atoms with E-state index in [9.17, 15) is 9.59 Å². The number of carbonyl (C=O) groups excluding carboxylic acids is 2. The van der Waals surface area contributed by atoms with Gasteiger partial charge in [0.05, 0.1) is 19.3 Å². The lowest BCUT2D eigenvalue weighted by molar-refractivity contribution is -0.148. The van der Waals surface area contributed by atoms with Gasteiger partial charge < -0.3 is 14.2 Å². The number of hydrogen-bond donors (Lipinski definition) is 0. The lowest BCUT2D eigenvalue weighted by Crippen LogP contribution is -2.23. The van der Waals surface area contributed by atoms with Gasteiger partial charge >= 0.3 is 5.97 Å². The molecule has 0 aromatic heterocycles. The van der Waals surface area contributed by atoms with Crippen LogP contribution in [0.3, 0.4) is 0 Å². The number of Topliss-reactive ketones (excluding diaryl/α,β-unsaturated/α-hetero) is 1. The summed E-state index contributed by atoms with van der Waals surface area (Å²) >= 11 is 0. The van der Waals surface area contributed by atoms with Crippen molar-refractivity contribution < 1.29 is 23.8 Å². The quantitative estimate of drug-likeness (QED) is 0.522. The molecule has 1 fully saturated rings. The summed E-state index contributed by atoms with van der Waals surface area (Å²) in [5.41, 5.74) is 0. The van der Waals surface area contributed by atoms with E-state index in [0.717, 1.165) is 0 Å². The minimum absolute atomic E-state index is 0.176. The number of hydrogen-bond acceptors (Lipinski definition) is 5. The van der Waals surface area contributed by atoms with E-state index in [0.29, 0.717) is 13.2 Å². The van der Waals surface area contributed by atoms with Crippen molar-refractivity contribution in [2.75, 3.05) is 13.2 Å². The average Bonchev–Trinajstić information content (AvgIpc) is 2.45. The van der Waals surface area contributed by atoms with Gasteiger partial charge in [-0.1, -0.05) is 0 Å². The van der Waals surface area contributed by atoms with Crippen LogP contribution < -0.4 is 0 Å². The van der Waals surface area contributed by atoms with Crippen LogP contribution in [0.25, 0.3) is 0 Å². The molecule has 0 spiro atoms. The van der Waals surface area contributed by atoms with E-state index in [1.165, 1.54) is 0 Å². The first-order chi connectivity index (χ1) is 7.43. The fourth-order valence-corrected chi connectivity index (χ4v) is 1.56. The van der Waals surface area contributed by atoms with Crippen LogP contribution in [0.1, 0.15) is 33.6 Å². The standard InChI is InChI=1S/C11H18O5/c1-4-14-10(13)6-8(12)5-9-7-15-11(2,3)16-9/h9H,4-7H2,1-3H3/t9-/m0/s1. The second-order valence-corrected chi connectivity index (χ2v) is 4.18. The zero-order valence-corrected chi connectivity index (χ0v) is 9.95. The van der Waals surface area contributed by atoms with Crippen molar-refractivity contribution in [1.29, 1.82) is 0 Å². The van der Waals surface area contributed by atoms with Gasteiger partial charge in [-0.25, -0.2) is 0 Å². The van der Waals surface area contributed by atoms with Crippen LogP contribution in [0, 0.1) is 0 Å². The third-order valence-electron chi connectivity index (χ3n) is 2.17. The van der Waals surface area contributed by atoms with Gasteiger partial charge in [-0.2, -0.15) is 0 Å². The van der Waals surface area contributed by atoms with Gasteiger partial charge in [0.1, 0.15) is 12.2 Å². The number of ether oxygens (including phenoxy) is 3. The number of carbonyl (C=O) groups is 2. The molecule has 92 valence electrons. The van der Waals surface area contributed by atoms with E-state index in [4.69, 9.17) is 9.47 Å². The number of rotatable bonds is 5. The van der Waals surface area contributed by atoms with E-state index in [2.05, 4.69) is 4.74 Å². The van der Waals surface area contributed by atoms with Crippen molar-refractivity contribution in [3.05, 3.63) is 0 Å². The maximum Gasteiger partial charge on any atom is 0.313 e. The Bertz CT molecular complexity index is 272. The first-order valence-corrected chi connectivity index (χ1v) is 5.42. The molecule has 0 unspecified atom stereocenters. The lowest BCUT2D eigenvalue weighted by Gasteiger charge is -2.16. The lowest BCUT2D eigenvalue weighted by atomic mass is 10.1. The maximum absolute atomic E-state index is 11.5. The van der Waals surface area contributed by atoms with Crippen LogP contribution in [-0.4, -0.2) is 36.9 Å². The topological polar surface area (TPSA) is 61.8 Å². The second-order valence-electron chi connectivity index (χ2n) is 4.18. The van der Waals surface area contributed by atoms with Crippen molar-refractivity contribution in [2.45, 2.75) is 45.5 Å². The Balaban J connectivity index is 2.28. The van der Waals surface area contributed by atoms with Crippen LogP contribution in [0.5, 0.6) is 0 Å². The highest BCUT2D eigenvalue weighted by Gasteiger charge is 2.33. The van der Waals surface area contributed by atoms with Crippen LogP contribution in [0.2, 0.25) is 0 Å². The largest absolute Gasteiger partial charge is 0.466 e. The summed E-state index contributed by atoms with van der Waals surface area (Å²) in [6.07, 6.45) is -0.243. The molecule has 1 atom stereocenters. The Kier molecular flexibility index (Phi) is 4.44. The molecule has 0 bridgehead atoms. The molecule has 16 heavy (non-hydrogen) atoms. The molecule has 0 radical (unpaired) electrons. The van der Waals surface area contributed by atoms with Crippen molar-refractivity contribution in [1.82, 2.24) is 0 Å². The highest BCUT2D eigenvalue weighted by Crippen LogP contribution is 2.24. The maximum atomic E-state index is 11.5. The summed E-state index contributed by atoms with van der Waals surface area (Å²) in [7, 11) is 0. The Labute approximate surface area is 95.0 Å². The van der Waals surface area contributed by atoms with Gasteiger partial charge in [-0.05, 0) is 20.8 Å². The summed E-state index contributed by atoms with van der Waals surface area (Å²) in [6, 6.07) is 0. The zero-order chi connectivity index (χ0) is 12.2. The summed E-state index contributed by atoms with van der Waals surface area (Å²) in [5, 5.41) is 0. The molecule has 0 aromatic carbocycles. The summed E-state index contributed by atoms with van der Waals surface area (Å²) in [4.78, 5) is 22.5. The first kappa shape index (κ1) is 13.1. The van der Waals surface area contributed by atoms with Gasteiger partial charge in [-0.15, -0.1) is 0 Å². The molecular formula is C11H18O5.